The van der Waals surface area contributed by atoms with E-state index in [0.29, 0.717) is 7.18 Å². The fourth-order valence-electron chi connectivity index (χ4n) is 0.612. The van der Waals surface area contributed by atoms with Gasteiger partial charge in [-0.1, -0.05) is 40.0 Å². The molecule has 0 saturated heterocycles. The molecule has 0 aromatic rings. The Labute approximate surface area is 58.5 Å². The summed E-state index contributed by atoms with van der Waals surface area (Å²) in [6.07, 6.45) is 4.46. The molecule has 1 rings (SSSR count). The molecule has 1 aliphatic carbocycles. The molecule has 1 fully saturated rings. The summed E-state index contributed by atoms with van der Waals surface area (Å²) in [6.45, 7) is 6.31. The zero-order valence-corrected chi connectivity index (χ0v) is 7.08. The lowest BCUT2D eigenvalue weighted by atomic mass is 9.88. The second kappa shape index (κ2) is 10.8. The topological polar surface area (TPSA) is 0 Å². The van der Waals surface area contributed by atoms with Crippen LogP contribution in [0.5, 0.6) is 0 Å². The van der Waals surface area contributed by atoms with Crippen molar-refractivity contribution in [3.8, 4) is 0 Å². The molecule has 0 unspecified atom stereocenters. The Morgan fingerprint density at radius 3 is 1.33 bits per heavy atom. The quantitative estimate of drug-likeness (QED) is 0.476. The van der Waals surface area contributed by atoms with Crippen LogP contribution in [0.25, 0.3) is 0 Å². The highest BCUT2D eigenvalue weighted by molar-refractivity contribution is 4.62. The van der Waals surface area contributed by atoms with Crippen LogP contribution in [-0.2, 0) is 0 Å². The van der Waals surface area contributed by atoms with Crippen LogP contribution in [0.3, 0.4) is 0 Å². The van der Waals surface area contributed by atoms with Crippen molar-refractivity contribution in [2.45, 2.75) is 40.0 Å². The Morgan fingerprint density at radius 2 is 1.33 bits per heavy atom. The number of halogens is 1. The maximum atomic E-state index is 9.50. The summed E-state index contributed by atoms with van der Waals surface area (Å²) >= 11 is 0. The molecular formula is C8H19F. The Kier molecular flexibility index (Phi) is 14.1. The minimum atomic E-state index is 0.500. The maximum Gasteiger partial charge on any atom is 0.0785 e. The van der Waals surface area contributed by atoms with E-state index in [0.717, 1.165) is 5.92 Å². The molecule has 0 spiro atoms. The van der Waals surface area contributed by atoms with Crippen LogP contribution >= 0.6 is 0 Å². The summed E-state index contributed by atoms with van der Waals surface area (Å²) in [5.41, 5.74) is 0. The molecule has 9 heavy (non-hydrogen) atoms. The van der Waals surface area contributed by atoms with E-state index < -0.39 is 0 Å². The van der Waals surface area contributed by atoms with Gasteiger partial charge < -0.3 is 0 Å². The molecule has 1 saturated carbocycles. The van der Waals surface area contributed by atoms with Gasteiger partial charge in [-0.05, 0) is 5.92 Å². The average molecular weight is 134 g/mol. The monoisotopic (exact) mass is 134 g/mol. The van der Waals surface area contributed by atoms with Crippen LogP contribution < -0.4 is 0 Å². The lowest BCUT2D eigenvalue weighted by Crippen LogP contribution is -2.04. The molecule has 0 aromatic heterocycles. The van der Waals surface area contributed by atoms with Crippen LogP contribution in [0.1, 0.15) is 40.0 Å². The fourth-order valence-corrected chi connectivity index (χ4v) is 0.612. The van der Waals surface area contributed by atoms with Crippen LogP contribution in [0.4, 0.5) is 4.39 Å². The van der Waals surface area contributed by atoms with Crippen LogP contribution in [0, 0.1) is 5.92 Å². The Morgan fingerprint density at radius 1 is 1.11 bits per heavy atom. The Bertz CT molecular complexity index is 31.5. The normalized spacial score (nSPS) is 15.7. The van der Waals surface area contributed by atoms with E-state index in [4.69, 9.17) is 0 Å². The summed E-state index contributed by atoms with van der Waals surface area (Å²) in [4.78, 5) is 0. The predicted molar refractivity (Wildman–Crippen MR) is 41.4 cm³/mol. The van der Waals surface area contributed by atoms with Gasteiger partial charge in [0.15, 0.2) is 0 Å². The lowest BCUT2D eigenvalue weighted by molar-refractivity contribution is 0.346. The van der Waals surface area contributed by atoms with Gasteiger partial charge in [0.05, 0.1) is 7.18 Å². The first kappa shape index (κ1) is 11.7. The van der Waals surface area contributed by atoms with Gasteiger partial charge in [0.1, 0.15) is 0 Å². The summed E-state index contributed by atoms with van der Waals surface area (Å²) in [7, 11) is 0.500. The van der Waals surface area contributed by atoms with Gasteiger partial charge in [0, 0.05) is 0 Å². The maximum absolute atomic E-state index is 9.50. The predicted octanol–water partition coefficient (Wildman–Crippen LogP) is 3.42. The molecule has 0 heterocycles. The van der Waals surface area contributed by atoms with E-state index in [1.807, 2.05) is 13.8 Å². The first-order valence-electron chi connectivity index (χ1n) is 3.77. The molecule has 58 valence electrons. The molecule has 0 N–H and O–H groups in total. The highest BCUT2D eigenvalue weighted by Gasteiger charge is 2.09. The largest absolute Gasteiger partial charge is 0.255 e. The molecule has 1 aliphatic rings. The fraction of sp³-hybridized carbons (Fsp3) is 1.00. The third-order valence-electron chi connectivity index (χ3n) is 1.39. The third kappa shape index (κ3) is 7.93. The van der Waals surface area contributed by atoms with Gasteiger partial charge in [-0.25, -0.2) is 0 Å². The van der Waals surface area contributed by atoms with Crippen LogP contribution in [-0.4, -0.2) is 7.18 Å². The summed E-state index contributed by atoms with van der Waals surface area (Å²) < 4.78 is 9.50. The smallest absolute Gasteiger partial charge is 0.0785 e. The van der Waals surface area contributed by atoms with Crippen molar-refractivity contribution in [1.82, 2.24) is 0 Å². The molecule has 0 aromatic carbocycles. The lowest BCUT2D eigenvalue weighted by Gasteiger charge is -2.18. The van der Waals surface area contributed by atoms with Gasteiger partial charge in [-0.3, -0.25) is 4.39 Å². The SMILES string of the molecule is CC.CC1CCC1.CF. The molecule has 0 amide bonds. The van der Waals surface area contributed by atoms with Crippen molar-refractivity contribution in [1.29, 1.82) is 0 Å². The van der Waals surface area contributed by atoms with Crippen molar-refractivity contribution in [2.24, 2.45) is 5.92 Å². The van der Waals surface area contributed by atoms with Gasteiger partial charge in [-0.15, -0.1) is 0 Å². The van der Waals surface area contributed by atoms with E-state index in [1.54, 1.807) is 0 Å². The van der Waals surface area contributed by atoms with Gasteiger partial charge in [0.25, 0.3) is 0 Å². The highest BCUT2D eigenvalue weighted by Crippen LogP contribution is 2.24. The number of alkyl halides is 1. The van der Waals surface area contributed by atoms with E-state index in [9.17, 15) is 4.39 Å². The first-order chi connectivity index (χ1) is 4.39. The molecule has 0 radical (unpaired) electrons. The second-order valence-corrected chi connectivity index (χ2v) is 2.04. The van der Waals surface area contributed by atoms with Gasteiger partial charge in [0.2, 0.25) is 0 Å². The minimum absolute atomic E-state index is 0.500. The van der Waals surface area contributed by atoms with E-state index in [1.165, 1.54) is 19.3 Å². The molecule has 0 aliphatic heterocycles. The standard InChI is InChI=1S/C5H10.C2H6.CH3F/c1-5-3-2-4-5;2*1-2/h5H,2-4H2,1H3;1-2H3;1H3. The van der Waals surface area contributed by atoms with E-state index in [-0.39, 0.29) is 0 Å². The number of hydrogen-bond acceptors (Lipinski definition) is 0. The second-order valence-electron chi connectivity index (χ2n) is 2.04. The van der Waals surface area contributed by atoms with Crippen LogP contribution in [0.2, 0.25) is 0 Å². The van der Waals surface area contributed by atoms with Crippen molar-refractivity contribution < 1.29 is 4.39 Å². The highest BCUT2D eigenvalue weighted by atomic mass is 19.1. The zero-order valence-electron chi connectivity index (χ0n) is 7.08. The Balaban J connectivity index is 0. The van der Waals surface area contributed by atoms with Crippen LogP contribution in [0.15, 0.2) is 0 Å². The first-order valence-corrected chi connectivity index (χ1v) is 3.77. The zero-order chi connectivity index (χ0) is 7.70. The minimum Gasteiger partial charge on any atom is -0.255 e. The van der Waals surface area contributed by atoms with Gasteiger partial charge in [-0.2, -0.15) is 0 Å². The van der Waals surface area contributed by atoms with Gasteiger partial charge >= 0.3 is 0 Å². The number of hydrogen-bond donors (Lipinski definition) is 0. The molecule has 0 nitrogen and oxygen atoms in total. The van der Waals surface area contributed by atoms with Crippen molar-refractivity contribution in [3.05, 3.63) is 0 Å². The summed E-state index contributed by atoms with van der Waals surface area (Å²) in [5, 5.41) is 0. The molecule has 0 atom stereocenters. The number of rotatable bonds is 0. The molecule has 1 heteroatoms. The Hall–Kier alpha value is -0.0700. The molecular weight excluding hydrogens is 115 g/mol. The summed E-state index contributed by atoms with van der Waals surface area (Å²) in [5.74, 6) is 1.06. The molecule has 0 bridgehead atoms. The van der Waals surface area contributed by atoms with Crippen molar-refractivity contribution in [3.63, 3.8) is 0 Å². The van der Waals surface area contributed by atoms with E-state index >= 15 is 0 Å². The van der Waals surface area contributed by atoms with E-state index in [2.05, 4.69) is 6.92 Å². The summed E-state index contributed by atoms with van der Waals surface area (Å²) in [6, 6.07) is 0. The van der Waals surface area contributed by atoms with Crippen molar-refractivity contribution >= 4 is 0 Å². The third-order valence-corrected chi connectivity index (χ3v) is 1.39. The average Bonchev–Trinajstić information content (AvgIpc) is 1.93. The van der Waals surface area contributed by atoms with Crippen molar-refractivity contribution in [2.75, 3.05) is 7.18 Å².